The number of hydrogen-bond acceptors (Lipinski definition) is 5. The Kier molecular flexibility index (Phi) is 5.39. The minimum Gasteiger partial charge on any atom is -0.352 e. The Morgan fingerprint density at radius 3 is 2.81 bits per heavy atom. The molecule has 2 aromatic rings. The zero-order chi connectivity index (χ0) is 18.7. The van der Waals surface area contributed by atoms with Crippen molar-refractivity contribution in [2.24, 2.45) is 7.05 Å². The lowest BCUT2D eigenvalue weighted by atomic mass is 10.1. The van der Waals surface area contributed by atoms with Crippen LogP contribution >= 0.6 is 0 Å². The Hall–Kier alpha value is -2.64. The Bertz CT molecular complexity index is 841. The number of carbonyl (C=O) groups excluding carboxylic acids is 1. The van der Waals surface area contributed by atoms with E-state index in [4.69, 9.17) is 0 Å². The normalized spacial score (nSPS) is 16.5. The lowest BCUT2D eigenvalue weighted by molar-refractivity contribution is 0.231. The predicted molar refractivity (Wildman–Crippen MR) is 101 cm³/mol. The number of nitrogens with one attached hydrogen (secondary N) is 2. The first-order valence-electron chi connectivity index (χ1n) is 9.13. The van der Waals surface area contributed by atoms with Gasteiger partial charge in [-0.15, -0.1) is 0 Å². The Morgan fingerprint density at radius 1 is 1.38 bits per heavy atom. The number of amides is 2. The first-order valence-corrected chi connectivity index (χ1v) is 9.13. The van der Waals surface area contributed by atoms with Crippen molar-refractivity contribution < 1.29 is 4.79 Å². The van der Waals surface area contributed by atoms with E-state index in [0.717, 1.165) is 19.3 Å². The van der Waals surface area contributed by atoms with Gasteiger partial charge in [0, 0.05) is 38.4 Å². The SMILES string of the molecule is CCC(C)NC(=O)NC1CCN(c2nc3cccnc3n(C)c2=O)CC1. The molecule has 1 unspecified atom stereocenters. The van der Waals surface area contributed by atoms with E-state index in [2.05, 4.69) is 20.6 Å². The number of fused-ring (bicyclic) bond motifs is 1. The number of pyridine rings is 1. The number of aromatic nitrogens is 3. The summed E-state index contributed by atoms with van der Waals surface area (Å²) in [6.45, 7) is 5.39. The smallest absolute Gasteiger partial charge is 0.315 e. The summed E-state index contributed by atoms with van der Waals surface area (Å²) in [7, 11) is 1.72. The molecule has 2 aromatic heterocycles. The van der Waals surface area contributed by atoms with Crippen LogP contribution in [0.15, 0.2) is 23.1 Å². The van der Waals surface area contributed by atoms with Gasteiger partial charge in [0.2, 0.25) is 0 Å². The number of carbonyl (C=O) groups is 1. The van der Waals surface area contributed by atoms with Gasteiger partial charge in [-0.1, -0.05) is 6.92 Å². The highest BCUT2D eigenvalue weighted by Gasteiger charge is 2.24. The topological polar surface area (TPSA) is 92.2 Å². The first-order chi connectivity index (χ1) is 12.5. The van der Waals surface area contributed by atoms with Crippen LogP contribution in [0.4, 0.5) is 10.6 Å². The molecule has 1 saturated heterocycles. The van der Waals surface area contributed by atoms with Gasteiger partial charge < -0.3 is 15.5 Å². The maximum absolute atomic E-state index is 12.6. The number of aryl methyl sites for hydroxylation is 1. The molecule has 2 N–H and O–H groups in total. The minimum atomic E-state index is -0.142. The van der Waals surface area contributed by atoms with Crippen LogP contribution in [0.25, 0.3) is 11.2 Å². The van der Waals surface area contributed by atoms with Gasteiger partial charge in [-0.3, -0.25) is 9.36 Å². The van der Waals surface area contributed by atoms with Crippen LogP contribution in [0, 0.1) is 0 Å². The summed E-state index contributed by atoms with van der Waals surface area (Å²) < 4.78 is 1.54. The molecule has 8 nitrogen and oxygen atoms in total. The van der Waals surface area contributed by atoms with Crippen LogP contribution in [-0.4, -0.2) is 45.7 Å². The molecule has 1 aliphatic rings. The summed E-state index contributed by atoms with van der Waals surface area (Å²) in [5.74, 6) is 0.454. The maximum Gasteiger partial charge on any atom is 0.315 e. The van der Waals surface area contributed by atoms with E-state index >= 15 is 0 Å². The minimum absolute atomic E-state index is 0.112. The lowest BCUT2D eigenvalue weighted by Crippen LogP contribution is -2.50. The number of urea groups is 1. The largest absolute Gasteiger partial charge is 0.352 e. The molecule has 3 rings (SSSR count). The number of anilines is 1. The molecule has 2 amide bonds. The number of hydrogen-bond donors (Lipinski definition) is 2. The predicted octanol–water partition coefficient (Wildman–Crippen LogP) is 1.39. The molecule has 1 aliphatic heterocycles. The van der Waals surface area contributed by atoms with Crippen LogP contribution < -0.4 is 21.1 Å². The van der Waals surface area contributed by atoms with Crippen LogP contribution in [0.1, 0.15) is 33.1 Å². The summed E-state index contributed by atoms with van der Waals surface area (Å²) in [5, 5.41) is 5.94. The van der Waals surface area contributed by atoms with E-state index in [-0.39, 0.29) is 23.7 Å². The van der Waals surface area contributed by atoms with Crippen molar-refractivity contribution in [3.63, 3.8) is 0 Å². The van der Waals surface area contributed by atoms with E-state index in [0.29, 0.717) is 30.1 Å². The fourth-order valence-corrected chi connectivity index (χ4v) is 3.14. The average molecular weight is 358 g/mol. The molecule has 1 fully saturated rings. The van der Waals surface area contributed by atoms with Crippen molar-refractivity contribution >= 4 is 23.0 Å². The highest BCUT2D eigenvalue weighted by Crippen LogP contribution is 2.17. The molecule has 26 heavy (non-hydrogen) atoms. The van der Waals surface area contributed by atoms with Gasteiger partial charge in [0.25, 0.3) is 5.56 Å². The highest BCUT2D eigenvalue weighted by molar-refractivity contribution is 5.74. The second kappa shape index (κ2) is 7.72. The molecule has 140 valence electrons. The maximum atomic E-state index is 12.6. The molecular formula is C18H26N6O2. The monoisotopic (exact) mass is 358 g/mol. The molecule has 0 radical (unpaired) electrons. The second-order valence-corrected chi connectivity index (χ2v) is 6.83. The van der Waals surface area contributed by atoms with Gasteiger partial charge in [-0.05, 0) is 38.3 Å². The second-order valence-electron chi connectivity index (χ2n) is 6.83. The summed E-state index contributed by atoms with van der Waals surface area (Å²) in [6, 6.07) is 3.83. The Labute approximate surface area is 152 Å². The van der Waals surface area contributed by atoms with Crippen molar-refractivity contribution in [3.8, 4) is 0 Å². The number of rotatable bonds is 4. The Morgan fingerprint density at radius 2 is 2.12 bits per heavy atom. The van der Waals surface area contributed by atoms with Crippen molar-refractivity contribution in [1.82, 2.24) is 25.2 Å². The molecule has 0 aromatic carbocycles. The molecule has 0 saturated carbocycles. The lowest BCUT2D eigenvalue weighted by Gasteiger charge is -2.33. The molecular weight excluding hydrogens is 332 g/mol. The fraction of sp³-hybridized carbons (Fsp3) is 0.556. The fourth-order valence-electron chi connectivity index (χ4n) is 3.14. The van der Waals surface area contributed by atoms with Crippen LogP contribution in [0.5, 0.6) is 0 Å². The average Bonchev–Trinajstić information content (AvgIpc) is 2.65. The van der Waals surface area contributed by atoms with Crippen molar-refractivity contribution in [3.05, 3.63) is 28.7 Å². The molecule has 3 heterocycles. The van der Waals surface area contributed by atoms with E-state index in [1.165, 1.54) is 0 Å². The zero-order valence-corrected chi connectivity index (χ0v) is 15.5. The molecule has 8 heteroatoms. The van der Waals surface area contributed by atoms with Gasteiger partial charge in [0.05, 0.1) is 0 Å². The third-order valence-electron chi connectivity index (χ3n) is 4.93. The molecule has 0 aliphatic carbocycles. The summed E-state index contributed by atoms with van der Waals surface area (Å²) in [4.78, 5) is 35.4. The van der Waals surface area contributed by atoms with Crippen LogP contribution in [0.3, 0.4) is 0 Å². The van der Waals surface area contributed by atoms with E-state index < -0.39 is 0 Å². The summed E-state index contributed by atoms with van der Waals surface area (Å²) in [6.07, 6.45) is 4.12. The van der Waals surface area contributed by atoms with E-state index in [1.807, 2.05) is 30.9 Å². The van der Waals surface area contributed by atoms with E-state index in [1.54, 1.807) is 17.8 Å². The molecule has 0 spiro atoms. The van der Waals surface area contributed by atoms with E-state index in [9.17, 15) is 9.59 Å². The summed E-state index contributed by atoms with van der Waals surface area (Å²) >= 11 is 0. The Balaban J connectivity index is 1.67. The van der Waals surface area contributed by atoms with Crippen LogP contribution in [-0.2, 0) is 7.05 Å². The van der Waals surface area contributed by atoms with Crippen molar-refractivity contribution in [2.75, 3.05) is 18.0 Å². The quantitative estimate of drug-likeness (QED) is 0.862. The van der Waals surface area contributed by atoms with Gasteiger partial charge in [0.1, 0.15) is 5.52 Å². The van der Waals surface area contributed by atoms with Crippen molar-refractivity contribution in [1.29, 1.82) is 0 Å². The zero-order valence-electron chi connectivity index (χ0n) is 15.5. The third-order valence-corrected chi connectivity index (χ3v) is 4.93. The van der Waals surface area contributed by atoms with Crippen molar-refractivity contribution in [2.45, 2.75) is 45.2 Å². The molecule has 0 bridgehead atoms. The van der Waals surface area contributed by atoms with Gasteiger partial charge in [0.15, 0.2) is 11.5 Å². The van der Waals surface area contributed by atoms with Gasteiger partial charge >= 0.3 is 6.03 Å². The van der Waals surface area contributed by atoms with Gasteiger partial charge in [-0.2, -0.15) is 0 Å². The number of nitrogens with zero attached hydrogens (tertiary/aromatic N) is 4. The highest BCUT2D eigenvalue weighted by atomic mass is 16.2. The van der Waals surface area contributed by atoms with Gasteiger partial charge in [-0.25, -0.2) is 14.8 Å². The van der Waals surface area contributed by atoms with Crippen LogP contribution in [0.2, 0.25) is 0 Å². The molecule has 1 atom stereocenters. The first kappa shape index (κ1) is 18.2. The third kappa shape index (κ3) is 3.79. The number of piperidine rings is 1. The standard InChI is InChI=1S/C18H26N6O2/c1-4-12(2)20-18(26)21-13-7-10-24(11-8-13)16-17(25)23(3)15-14(22-16)6-5-9-19-15/h5-6,9,12-13H,4,7-8,10-11H2,1-3H3,(H2,20,21,26). The summed E-state index contributed by atoms with van der Waals surface area (Å²) in [5.41, 5.74) is 1.15.